The summed E-state index contributed by atoms with van der Waals surface area (Å²) in [5, 5.41) is 11.3. The van der Waals surface area contributed by atoms with Gasteiger partial charge in [0.1, 0.15) is 5.75 Å². The fourth-order valence-electron chi connectivity index (χ4n) is 2.48. The molecule has 0 aliphatic carbocycles. The number of fused-ring (bicyclic) bond motifs is 1. The number of hydrogen-bond donors (Lipinski definition) is 2. The Labute approximate surface area is 140 Å². The SMILES string of the molecule is CC(C)CN1C(=O)C(C)Oc2ccc(NC(=O)CCC(=O)O)cc21. The maximum Gasteiger partial charge on any atom is 0.303 e. The molecule has 1 atom stereocenters. The van der Waals surface area contributed by atoms with E-state index in [0.29, 0.717) is 23.7 Å². The van der Waals surface area contributed by atoms with E-state index in [1.165, 1.54) is 0 Å². The van der Waals surface area contributed by atoms with Gasteiger partial charge >= 0.3 is 5.97 Å². The lowest BCUT2D eigenvalue weighted by atomic mass is 10.1. The molecule has 2 N–H and O–H groups in total. The second kappa shape index (κ2) is 7.33. The number of nitrogens with zero attached hydrogens (tertiary/aromatic N) is 1. The van der Waals surface area contributed by atoms with Crippen LogP contribution in [0.4, 0.5) is 11.4 Å². The van der Waals surface area contributed by atoms with E-state index in [4.69, 9.17) is 9.84 Å². The maximum absolute atomic E-state index is 12.4. The predicted octanol–water partition coefficient (Wildman–Crippen LogP) is 2.26. The average Bonchev–Trinajstić information content (AvgIpc) is 2.50. The van der Waals surface area contributed by atoms with Crippen LogP contribution >= 0.6 is 0 Å². The first kappa shape index (κ1) is 17.8. The molecule has 2 rings (SSSR count). The highest BCUT2D eigenvalue weighted by Crippen LogP contribution is 2.36. The number of carboxylic acid groups (broad SMARTS) is 1. The molecule has 2 amide bonds. The highest BCUT2D eigenvalue weighted by molar-refractivity contribution is 6.01. The minimum absolute atomic E-state index is 0.103. The van der Waals surface area contributed by atoms with Gasteiger partial charge in [0, 0.05) is 18.7 Å². The third-order valence-electron chi connectivity index (χ3n) is 3.56. The van der Waals surface area contributed by atoms with Crippen molar-refractivity contribution in [1.29, 1.82) is 0 Å². The first-order chi connectivity index (χ1) is 11.3. The molecule has 0 aromatic heterocycles. The summed E-state index contributed by atoms with van der Waals surface area (Å²) in [5.41, 5.74) is 1.12. The van der Waals surface area contributed by atoms with Crippen LogP contribution in [0.5, 0.6) is 5.75 Å². The first-order valence-electron chi connectivity index (χ1n) is 7.91. The Balaban J connectivity index is 2.21. The van der Waals surface area contributed by atoms with Gasteiger partial charge in [-0.2, -0.15) is 0 Å². The van der Waals surface area contributed by atoms with Gasteiger partial charge in [0.2, 0.25) is 5.91 Å². The van der Waals surface area contributed by atoms with E-state index in [-0.39, 0.29) is 30.6 Å². The van der Waals surface area contributed by atoms with Crippen molar-refractivity contribution in [3.05, 3.63) is 18.2 Å². The van der Waals surface area contributed by atoms with Crippen molar-refractivity contribution in [2.45, 2.75) is 39.7 Å². The van der Waals surface area contributed by atoms with E-state index in [1.807, 2.05) is 13.8 Å². The molecule has 1 aliphatic rings. The molecule has 0 spiro atoms. The fourth-order valence-corrected chi connectivity index (χ4v) is 2.48. The Kier molecular flexibility index (Phi) is 5.43. The second-order valence-corrected chi connectivity index (χ2v) is 6.23. The summed E-state index contributed by atoms with van der Waals surface area (Å²) in [7, 11) is 0. The van der Waals surface area contributed by atoms with Gasteiger partial charge in [-0.3, -0.25) is 14.4 Å². The van der Waals surface area contributed by atoms with E-state index in [0.717, 1.165) is 0 Å². The van der Waals surface area contributed by atoms with E-state index in [1.54, 1.807) is 30.0 Å². The van der Waals surface area contributed by atoms with Gasteiger partial charge in [-0.25, -0.2) is 0 Å². The van der Waals surface area contributed by atoms with Crippen LogP contribution in [0.15, 0.2) is 18.2 Å². The summed E-state index contributed by atoms with van der Waals surface area (Å²) in [4.78, 5) is 36.3. The normalized spacial score (nSPS) is 16.6. The van der Waals surface area contributed by atoms with Gasteiger partial charge in [-0.05, 0) is 31.0 Å². The number of hydrogen-bond acceptors (Lipinski definition) is 4. The molecule has 7 nitrogen and oxygen atoms in total. The lowest BCUT2D eigenvalue weighted by Gasteiger charge is -2.34. The zero-order valence-corrected chi connectivity index (χ0v) is 14.0. The molecule has 1 unspecified atom stereocenters. The first-order valence-corrected chi connectivity index (χ1v) is 7.91. The minimum Gasteiger partial charge on any atom is -0.481 e. The van der Waals surface area contributed by atoms with Crippen molar-refractivity contribution >= 4 is 29.2 Å². The number of carbonyl (C=O) groups excluding carboxylic acids is 2. The highest BCUT2D eigenvalue weighted by Gasteiger charge is 2.32. The smallest absolute Gasteiger partial charge is 0.303 e. The lowest BCUT2D eigenvalue weighted by Crippen LogP contribution is -2.46. The number of nitrogens with one attached hydrogen (secondary N) is 1. The molecule has 24 heavy (non-hydrogen) atoms. The number of amides is 2. The molecule has 7 heteroatoms. The van der Waals surface area contributed by atoms with Gasteiger partial charge in [-0.15, -0.1) is 0 Å². The highest BCUT2D eigenvalue weighted by atomic mass is 16.5. The van der Waals surface area contributed by atoms with E-state index < -0.39 is 12.1 Å². The standard InChI is InChI=1S/C17H22N2O5/c1-10(2)9-19-13-8-12(18-15(20)6-7-16(21)22)4-5-14(13)24-11(3)17(19)23/h4-5,8,10-11H,6-7,9H2,1-3H3,(H,18,20)(H,21,22). The Hall–Kier alpha value is -2.57. The van der Waals surface area contributed by atoms with Crippen molar-refractivity contribution < 1.29 is 24.2 Å². The largest absolute Gasteiger partial charge is 0.481 e. The van der Waals surface area contributed by atoms with Crippen LogP contribution in [-0.4, -0.2) is 35.5 Å². The van der Waals surface area contributed by atoms with E-state index in [2.05, 4.69) is 5.32 Å². The van der Waals surface area contributed by atoms with Crippen LogP contribution in [0.1, 0.15) is 33.6 Å². The summed E-state index contributed by atoms with van der Waals surface area (Å²) in [5.74, 6) is -0.659. The predicted molar refractivity (Wildman–Crippen MR) is 89.2 cm³/mol. The monoisotopic (exact) mass is 334 g/mol. The van der Waals surface area contributed by atoms with Gasteiger partial charge in [0.25, 0.3) is 5.91 Å². The molecule has 1 heterocycles. The number of carbonyl (C=O) groups is 3. The van der Waals surface area contributed by atoms with Crippen molar-refractivity contribution in [1.82, 2.24) is 0 Å². The number of rotatable bonds is 6. The number of anilines is 2. The van der Waals surface area contributed by atoms with Crippen molar-refractivity contribution in [2.75, 3.05) is 16.8 Å². The van der Waals surface area contributed by atoms with Crippen LogP contribution in [0, 0.1) is 5.92 Å². The van der Waals surface area contributed by atoms with Crippen LogP contribution in [0.2, 0.25) is 0 Å². The molecular formula is C17H22N2O5. The van der Waals surface area contributed by atoms with Crippen LogP contribution < -0.4 is 15.0 Å². The van der Waals surface area contributed by atoms with Crippen LogP contribution in [0.25, 0.3) is 0 Å². The zero-order valence-electron chi connectivity index (χ0n) is 14.0. The molecule has 1 aromatic rings. The number of aliphatic carboxylic acids is 1. The van der Waals surface area contributed by atoms with E-state index >= 15 is 0 Å². The Morgan fingerprint density at radius 2 is 2.04 bits per heavy atom. The molecule has 0 fully saturated rings. The summed E-state index contributed by atoms with van der Waals surface area (Å²) < 4.78 is 5.61. The summed E-state index contributed by atoms with van der Waals surface area (Å²) in [6.07, 6.45) is -0.878. The van der Waals surface area contributed by atoms with Gasteiger partial charge in [0.05, 0.1) is 12.1 Å². The molecule has 0 bridgehead atoms. The molecule has 1 aromatic carbocycles. The van der Waals surface area contributed by atoms with Crippen LogP contribution in [-0.2, 0) is 14.4 Å². The quantitative estimate of drug-likeness (QED) is 0.832. The Bertz CT molecular complexity index is 656. The number of ether oxygens (including phenoxy) is 1. The molecule has 1 aliphatic heterocycles. The molecular weight excluding hydrogens is 312 g/mol. The molecule has 0 radical (unpaired) electrons. The average molecular weight is 334 g/mol. The summed E-state index contributed by atoms with van der Waals surface area (Å²) in [6, 6.07) is 5.06. The third-order valence-corrected chi connectivity index (χ3v) is 3.56. The van der Waals surface area contributed by atoms with Crippen molar-refractivity contribution in [3.8, 4) is 5.75 Å². The second-order valence-electron chi connectivity index (χ2n) is 6.23. The maximum atomic E-state index is 12.4. The van der Waals surface area contributed by atoms with Gasteiger partial charge in [0.15, 0.2) is 6.10 Å². The molecule has 0 saturated heterocycles. The van der Waals surface area contributed by atoms with E-state index in [9.17, 15) is 14.4 Å². The van der Waals surface area contributed by atoms with Gasteiger partial charge < -0.3 is 20.1 Å². The van der Waals surface area contributed by atoms with Crippen molar-refractivity contribution in [3.63, 3.8) is 0 Å². The van der Waals surface area contributed by atoms with Crippen molar-refractivity contribution in [2.24, 2.45) is 5.92 Å². The summed E-state index contributed by atoms with van der Waals surface area (Å²) in [6.45, 7) is 6.30. The minimum atomic E-state index is -1.02. The Morgan fingerprint density at radius 1 is 1.33 bits per heavy atom. The topological polar surface area (TPSA) is 95.9 Å². The number of benzene rings is 1. The molecule has 130 valence electrons. The number of carboxylic acids is 1. The fraction of sp³-hybridized carbons (Fsp3) is 0.471. The summed E-state index contributed by atoms with van der Waals surface area (Å²) >= 11 is 0. The Morgan fingerprint density at radius 3 is 2.67 bits per heavy atom. The zero-order chi connectivity index (χ0) is 17.9. The van der Waals surface area contributed by atoms with Crippen LogP contribution in [0.3, 0.4) is 0 Å². The molecule has 0 saturated carbocycles. The third kappa shape index (κ3) is 4.24. The van der Waals surface area contributed by atoms with Gasteiger partial charge in [-0.1, -0.05) is 13.8 Å². The lowest BCUT2D eigenvalue weighted by molar-refractivity contribution is -0.138.